The predicted molar refractivity (Wildman–Crippen MR) is 137 cm³/mol. The molecule has 1 amide bonds. The van der Waals surface area contributed by atoms with Crippen LogP contribution in [0, 0.1) is 11.3 Å². The van der Waals surface area contributed by atoms with Crippen molar-refractivity contribution in [3.05, 3.63) is 24.3 Å². The normalized spacial score (nSPS) is 27.9. The number of nitrogens with zero attached hydrogens (tertiary/aromatic N) is 3. The number of para-hydroxylation sites is 2. The van der Waals surface area contributed by atoms with Crippen LogP contribution in [0.25, 0.3) is 0 Å². The highest BCUT2D eigenvalue weighted by Crippen LogP contribution is 2.36. The fourth-order valence-electron chi connectivity index (χ4n) is 6.09. The second-order valence-electron chi connectivity index (χ2n) is 10.6. The number of guanidine groups is 1. The van der Waals surface area contributed by atoms with Gasteiger partial charge in [0, 0.05) is 31.7 Å². The molecule has 34 heavy (non-hydrogen) atoms. The molecule has 4 atom stereocenters. The van der Waals surface area contributed by atoms with E-state index in [0.29, 0.717) is 24.4 Å². The summed E-state index contributed by atoms with van der Waals surface area (Å²) in [5.41, 5.74) is 6.62. The Morgan fingerprint density at radius 3 is 2.56 bits per heavy atom. The van der Waals surface area contributed by atoms with Crippen LogP contribution in [0.4, 0.5) is 5.69 Å². The van der Waals surface area contributed by atoms with Crippen LogP contribution in [0.5, 0.6) is 5.75 Å². The molecule has 1 aromatic carbocycles. The van der Waals surface area contributed by atoms with Gasteiger partial charge in [-0.3, -0.25) is 15.1 Å². The monoisotopic (exact) mass is 469 g/mol. The smallest absolute Gasteiger partial charge is 0.268 e. The number of ether oxygens (including phenoxy) is 1. The average Bonchev–Trinajstić information content (AvgIpc) is 2.82. The first-order valence-corrected chi connectivity index (χ1v) is 13.4. The molecule has 0 saturated carbocycles. The highest BCUT2D eigenvalue weighted by molar-refractivity contribution is 6.00. The molecule has 7 heteroatoms. The summed E-state index contributed by atoms with van der Waals surface area (Å²) in [7, 11) is 0. The molecular formula is C27H43N5O2. The minimum atomic E-state index is -0.457. The Morgan fingerprint density at radius 1 is 1.06 bits per heavy atom. The van der Waals surface area contributed by atoms with Crippen LogP contribution in [0.2, 0.25) is 0 Å². The van der Waals surface area contributed by atoms with E-state index in [2.05, 4.69) is 18.7 Å². The average molecular weight is 470 g/mol. The Morgan fingerprint density at radius 2 is 1.79 bits per heavy atom. The number of nitrogens with two attached hydrogens (primary N) is 1. The van der Waals surface area contributed by atoms with Gasteiger partial charge in [-0.05, 0) is 83.4 Å². The van der Waals surface area contributed by atoms with E-state index in [1.165, 1.54) is 25.7 Å². The maximum absolute atomic E-state index is 13.5. The third-order valence-electron chi connectivity index (χ3n) is 8.05. The van der Waals surface area contributed by atoms with Crippen molar-refractivity contribution in [1.82, 2.24) is 9.80 Å². The lowest BCUT2D eigenvalue weighted by Crippen LogP contribution is -2.49. The number of anilines is 1. The first-order chi connectivity index (χ1) is 16.4. The molecule has 0 aliphatic carbocycles. The summed E-state index contributed by atoms with van der Waals surface area (Å²) in [6, 6.07) is 9.31. The first-order valence-electron chi connectivity index (χ1n) is 13.4. The molecule has 4 rings (SSSR count). The van der Waals surface area contributed by atoms with Crippen molar-refractivity contribution < 1.29 is 9.53 Å². The Bertz CT molecular complexity index is 836. The minimum Gasteiger partial charge on any atom is -0.478 e. The molecule has 1 aromatic rings. The van der Waals surface area contributed by atoms with Crippen molar-refractivity contribution in [2.75, 3.05) is 31.1 Å². The van der Waals surface area contributed by atoms with E-state index >= 15 is 0 Å². The van der Waals surface area contributed by atoms with Crippen molar-refractivity contribution in [1.29, 1.82) is 5.41 Å². The van der Waals surface area contributed by atoms with E-state index < -0.39 is 6.10 Å². The van der Waals surface area contributed by atoms with Gasteiger partial charge in [-0.25, -0.2) is 0 Å². The van der Waals surface area contributed by atoms with Gasteiger partial charge < -0.3 is 20.3 Å². The third-order valence-corrected chi connectivity index (χ3v) is 8.05. The summed E-state index contributed by atoms with van der Waals surface area (Å²) in [5, 5.41) is 7.76. The standard InChI is InChI=1S/C27H43N5O2/c1-20-10-8-11-21(2)31(20)16-6-3-7-17-32-23-13-4-5-14-24(23)34-25(26(32)33)18-22-12-9-15-30(19-22)27(28)29/h4-5,13-14,20-22,25H,3,6-12,15-19H2,1-2H3,(H3,28,29)/t20-,21+,22?,25?. The number of hydrogen-bond donors (Lipinski definition) is 2. The van der Waals surface area contributed by atoms with Crippen molar-refractivity contribution in [3.63, 3.8) is 0 Å². The van der Waals surface area contributed by atoms with Gasteiger partial charge in [0.1, 0.15) is 5.75 Å². The fraction of sp³-hybridized carbons (Fsp3) is 0.704. The van der Waals surface area contributed by atoms with E-state index in [4.69, 9.17) is 15.9 Å². The van der Waals surface area contributed by atoms with E-state index in [1.807, 2.05) is 34.1 Å². The van der Waals surface area contributed by atoms with Crippen molar-refractivity contribution >= 4 is 17.6 Å². The van der Waals surface area contributed by atoms with E-state index in [0.717, 1.165) is 63.3 Å². The summed E-state index contributed by atoms with van der Waals surface area (Å²) < 4.78 is 6.20. The number of amides is 1. The molecule has 2 unspecified atom stereocenters. The zero-order chi connectivity index (χ0) is 24.1. The molecule has 188 valence electrons. The second-order valence-corrected chi connectivity index (χ2v) is 10.6. The van der Waals surface area contributed by atoms with Crippen LogP contribution >= 0.6 is 0 Å². The summed E-state index contributed by atoms with van der Waals surface area (Å²) in [5.74, 6) is 1.33. The van der Waals surface area contributed by atoms with Crippen LogP contribution < -0.4 is 15.4 Å². The van der Waals surface area contributed by atoms with Crippen LogP contribution in [0.3, 0.4) is 0 Å². The van der Waals surface area contributed by atoms with Crippen LogP contribution in [0.1, 0.15) is 71.6 Å². The topological polar surface area (TPSA) is 85.9 Å². The van der Waals surface area contributed by atoms with Crippen molar-refractivity contribution in [2.45, 2.75) is 89.8 Å². The maximum Gasteiger partial charge on any atom is 0.268 e. The number of piperidine rings is 2. The number of fused-ring (bicyclic) bond motifs is 1. The SMILES string of the molecule is C[C@@H]1CCC[C@H](C)N1CCCCCN1C(=O)C(CC2CCCN(C(=N)N)C2)Oc2ccccc21. The molecule has 2 fully saturated rings. The number of rotatable bonds is 8. The Hall–Kier alpha value is -2.28. The lowest BCUT2D eigenvalue weighted by Gasteiger charge is -2.39. The molecule has 7 nitrogen and oxygen atoms in total. The van der Waals surface area contributed by atoms with Crippen molar-refractivity contribution in [2.24, 2.45) is 11.7 Å². The molecule has 0 bridgehead atoms. The highest BCUT2D eigenvalue weighted by atomic mass is 16.5. The number of unbranched alkanes of at least 4 members (excludes halogenated alkanes) is 2. The van der Waals surface area contributed by atoms with E-state index in [-0.39, 0.29) is 11.9 Å². The first kappa shape index (κ1) is 24.8. The lowest BCUT2D eigenvalue weighted by atomic mass is 9.91. The number of hydrogen-bond acceptors (Lipinski definition) is 4. The van der Waals surface area contributed by atoms with Gasteiger partial charge in [-0.2, -0.15) is 0 Å². The zero-order valence-corrected chi connectivity index (χ0v) is 21.0. The van der Waals surface area contributed by atoms with Gasteiger partial charge in [-0.1, -0.05) is 25.0 Å². The van der Waals surface area contributed by atoms with Gasteiger partial charge >= 0.3 is 0 Å². The summed E-state index contributed by atoms with van der Waals surface area (Å²) in [4.78, 5) is 20.0. The maximum atomic E-state index is 13.5. The molecule has 2 saturated heterocycles. The molecule has 3 aliphatic rings. The molecular weight excluding hydrogens is 426 g/mol. The lowest BCUT2D eigenvalue weighted by molar-refractivity contribution is -0.127. The number of carbonyl (C=O) groups excluding carboxylic acids is 1. The molecule has 3 N–H and O–H groups in total. The van der Waals surface area contributed by atoms with Crippen LogP contribution in [-0.4, -0.2) is 66.0 Å². The predicted octanol–water partition coefficient (Wildman–Crippen LogP) is 4.21. The van der Waals surface area contributed by atoms with Gasteiger partial charge in [-0.15, -0.1) is 0 Å². The number of benzene rings is 1. The van der Waals surface area contributed by atoms with Crippen LogP contribution in [-0.2, 0) is 4.79 Å². The fourth-order valence-corrected chi connectivity index (χ4v) is 6.09. The number of likely N-dealkylation sites (tertiary alicyclic amines) is 2. The Kier molecular flexibility index (Phi) is 8.35. The zero-order valence-electron chi connectivity index (χ0n) is 21.0. The largest absolute Gasteiger partial charge is 0.478 e. The summed E-state index contributed by atoms with van der Waals surface area (Å²) in [6.45, 7) is 8.19. The Labute approximate surface area is 205 Å². The van der Waals surface area contributed by atoms with E-state index in [9.17, 15) is 4.79 Å². The van der Waals surface area contributed by atoms with Crippen molar-refractivity contribution in [3.8, 4) is 5.75 Å². The van der Waals surface area contributed by atoms with Gasteiger partial charge in [0.15, 0.2) is 12.1 Å². The summed E-state index contributed by atoms with van der Waals surface area (Å²) >= 11 is 0. The van der Waals surface area contributed by atoms with E-state index in [1.54, 1.807) is 0 Å². The molecule has 0 spiro atoms. The van der Waals surface area contributed by atoms with Gasteiger partial charge in [0.2, 0.25) is 0 Å². The highest BCUT2D eigenvalue weighted by Gasteiger charge is 2.36. The summed E-state index contributed by atoms with van der Waals surface area (Å²) in [6.07, 6.45) is 9.57. The quantitative estimate of drug-likeness (QED) is 0.338. The minimum absolute atomic E-state index is 0.0805. The third kappa shape index (κ3) is 5.85. The molecule has 3 heterocycles. The molecule has 3 aliphatic heterocycles. The number of carbonyl (C=O) groups is 1. The second kappa shape index (κ2) is 11.4. The van der Waals surface area contributed by atoms with Gasteiger partial charge in [0.25, 0.3) is 5.91 Å². The van der Waals surface area contributed by atoms with Gasteiger partial charge in [0.05, 0.1) is 5.69 Å². The Balaban J connectivity index is 1.32. The van der Waals surface area contributed by atoms with Crippen LogP contribution in [0.15, 0.2) is 24.3 Å². The molecule has 0 aromatic heterocycles. The molecule has 0 radical (unpaired) electrons. The number of nitrogens with one attached hydrogen (secondary N) is 1.